The van der Waals surface area contributed by atoms with E-state index < -0.39 is 4.92 Å². The van der Waals surface area contributed by atoms with E-state index >= 15 is 0 Å². The number of benzene rings is 2. The van der Waals surface area contributed by atoms with Crippen LogP contribution in [0.25, 0.3) is 0 Å². The molecule has 0 heterocycles. The monoisotopic (exact) mass is 314 g/mol. The molecule has 1 N–H and O–H groups in total. The Labute approximate surface area is 134 Å². The average Bonchev–Trinajstić information content (AvgIpc) is 2.51. The molecule has 2 aromatic rings. The summed E-state index contributed by atoms with van der Waals surface area (Å²) in [5.41, 5.74) is 2.09. The lowest BCUT2D eigenvalue weighted by molar-refractivity contribution is -0.385. The van der Waals surface area contributed by atoms with Crippen molar-refractivity contribution in [3.05, 3.63) is 69.3 Å². The molecule has 0 radical (unpaired) electrons. The van der Waals surface area contributed by atoms with E-state index in [1.165, 1.54) is 6.07 Å². The molecule has 6 nitrogen and oxygen atoms in total. The molecule has 0 saturated carbocycles. The first-order valence-electron chi connectivity index (χ1n) is 7.13. The van der Waals surface area contributed by atoms with E-state index in [1.807, 2.05) is 0 Å². The molecular weight excluding hydrogens is 296 g/mol. The van der Waals surface area contributed by atoms with Crippen LogP contribution < -0.4 is 0 Å². The number of hydrogen-bond acceptors (Lipinski definition) is 4. The third kappa shape index (κ3) is 4.06. The van der Waals surface area contributed by atoms with Gasteiger partial charge in [0, 0.05) is 25.2 Å². The molecule has 0 atom stereocenters. The number of rotatable bonds is 5. The highest BCUT2D eigenvalue weighted by atomic mass is 16.6. The van der Waals surface area contributed by atoms with Gasteiger partial charge < -0.3 is 10.0 Å². The highest BCUT2D eigenvalue weighted by Gasteiger charge is 2.17. The van der Waals surface area contributed by atoms with Crippen molar-refractivity contribution < 1.29 is 14.8 Å². The second-order valence-electron chi connectivity index (χ2n) is 5.41. The first-order chi connectivity index (χ1) is 10.9. The molecule has 0 saturated heterocycles. The summed E-state index contributed by atoms with van der Waals surface area (Å²) in [6.07, 6.45) is 0.113. The maximum absolute atomic E-state index is 12.3. The summed E-state index contributed by atoms with van der Waals surface area (Å²) in [4.78, 5) is 24.4. The second-order valence-corrected chi connectivity index (χ2v) is 5.41. The summed E-state index contributed by atoms with van der Waals surface area (Å²) in [6.45, 7) is 2.06. The summed E-state index contributed by atoms with van der Waals surface area (Å²) >= 11 is 0. The molecule has 120 valence electrons. The SMILES string of the molecule is Cc1c(CC(=O)N(C)Cc2ccc(O)cc2)cccc1[N+](=O)[O-]. The highest BCUT2D eigenvalue weighted by Crippen LogP contribution is 2.22. The number of phenols is 1. The Bertz CT molecular complexity index is 726. The first kappa shape index (κ1) is 16.5. The maximum atomic E-state index is 12.3. The van der Waals surface area contributed by atoms with Crippen molar-refractivity contribution in [2.24, 2.45) is 0 Å². The molecule has 0 aliphatic heterocycles. The standard InChI is InChI=1S/C17H18N2O4/c1-12-14(4-3-5-16(12)19(22)23)10-17(21)18(2)11-13-6-8-15(20)9-7-13/h3-9,20H,10-11H2,1-2H3. The Hall–Kier alpha value is -2.89. The number of carbonyl (C=O) groups is 1. The Morgan fingerprint density at radius 3 is 2.48 bits per heavy atom. The van der Waals surface area contributed by atoms with Gasteiger partial charge in [-0.1, -0.05) is 24.3 Å². The third-order valence-electron chi connectivity index (χ3n) is 3.74. The van der Waals surface area contributed by atoms with Crippen LogP contribution in [0.1, 0.15) is 16.7 Å². The van der Waals surface area contributed by atoms with E-state index in [4.69, 9.17) is 0 Å². The van der Waals surface area contributed by atoms with E-state index in [1.54, 1.807) is 55.3 Å². The predicted molar refractivity (Wildman–Crippen MR) is 86.1 cm³/mol. The molecule has 0 bridgehead atoms. The van der Waals surface area contributed by atoms with Gasteiger partial charge in [-0.25, -0.2) is 0 Å². The fourth-order valence-electron chi connectivity index (χ4n) is 2.32. The molecule has 1 amide bonds. The fourth-order valence-corrected chi connectivity index (χ4v) is 2.32. The van der Waals surface area contributed by atoms with Crippen LogP contribution in [0.2, 0.25) is 0 Å². The van der Waals surface area contributed by atoms with Crippen molar-refractivity contribution in [1.82, 2.24) is 4.90 Å². The minimum atomic E-state index is -0.441. The summed E-state index contributed by atoms with van der Waals surface area (Å²) in [5, 5.41) is 20.2. The van der Waals surface area contributed by atoms with E-state index in [2.05, 4.69) is 0 Å². The largest absolute Gasteiger partial charge is 0.508 e. The van der Waals surface area contributed by atoms with Crippen LogP contribution in [0, 0.1) is 17.0 Å². The topological polar surface area (TPSA) is 83.7 Å². The quantitative estimate of drug-likeness (QED) is 0.679. The van der Waals surface area contributed by atoms with Gasteiger partial charge in [-0.15, -0.1) is 0 Å². The van der Waals surface area contributed by atoms with Crippen molar-refractivity contribution >= 4 is 11.6 Å². The molecule has 0 unspecified atom stereocenters. The molecule has 0 aliphatic carbocycles. The molecule has 2 rings (SSSR count). The zero-order valence-electron chi connectivity index (χ0n) is 13.0. The van der Waals surface area contributed by atoms with E-state index in [9.17, 15) is 20.0 Å². The Morgan fingerprint density at radius 2 is 1.87 bits per heavy atom. The van der Waals surface area contributed by atoms with Gasteiger partial charge >= 0.3 is 0 Å². The molecule has 23 heavy (non-hydrogen) atoms. The van der Waals surface area contributed by atoms with E-state index in [0.29, 0.717) is 17.7 Å². The Morgan fingerprint density at radius 1 is 1.22 bits per heavy atom. The fraction of sp³-hybridized carbons (Fsp3) is 0.235. The summed E-state index contributed by atoms with van der Waals surface area (Å²) in [6, 6.07) is 11.4. The van der Waals surface area contributed by atoms with Crippen LogP contribution in [-0.4, -0.2) is 27.9 Å². The molecule has 6 heteroatoms. The number of nitro groups is 1. The van der Waals surface area contributed by atoms with Crippen LogP contribution in [0.5, 0.6) is 5.75 Å². The molecule has 0 spiro atoms. The number of carbonyl (C=O) groups excluding carboxylic acids is 1. The van der Waals surface area contributed by atoms with E-state index in [-0.39, 0.29) is 23.8 Å². The minimum absolute atomic E-state index is 0.0245. The zero-order valence-corrected chi connectivity index (χ0v) is 13.0. The number of nitro benzene ring substituents is 1. The lowest BCUT2D eigenvalue weighted by Crippen LogP contribution is -2.28. The predicted octanol–water partition coefficient (Wildman–Crippen LogP) is 2.81. The number of hydrogen-bond donors (Lipinski definition) is 1. The van der Waals surface area contributed by atoms with Crippen molar-refractivity contribution in [2.75, 3.05) is 7.05 Å². The summed E-state index contributed by atoms with van der Waals surface area (Å²) in [7, 11) is 1.68. The second kappa shape index (κ2) is 6.91. The lowest BCUT2D eigenvalue weighted by Gasteiger charge is -2.18. The van der Waals surface area contributed by atoms with Crippen molar-refractivity contribution in [3.63, 3.8) is 0 Å². The first-order valence-corrected chi connectivity index (χ1v) is 7.13. The van der Waals surface area contributed by atoms with Crippen LogP contribution in [0.15, 0.2) is 42.5 Å². The van der Waals surface area contributed by atoms with Crippen LogP contribution in [0.4, 0.5) is 5.69 Å². The normalized spacial score (nSPS) is 10.3. The Balaban J connectivity index is 2.08. The number of likely N-dealkylation sites (N-methyl/N-ethyl adjacent to an activating group) is 1. The smallest absolute Gasteiger partial charge is 0.272 e. The minimum Gasteiger partial charge on any atom is -0.508 e. The van der Waals surface area contributed by atoms with Gasteiger partial charge in [-0.2, -0.15) is 0 Å². The molecule has 2 aromatic carbocycles. The zero-order chi connectivity index (χ0) is 17.0. The van der Waals surface area contributed by atoms with Gasteiger partial charge in [0.15, 0.2) is 0 Å². The van der Waals surface area contributed by atoms with Crippen molar-refractivity contribution in [2.45, 2.75) is 19.9 Å². The van der Waals surface area contributed by atoms with Crippen LogP contribution in [-0.2, 0) is 17.8 Å². The van der Waals surface area contributed by atoms with Crippen LogP contribution in [0.3, 0.4) is 0 Å². The maximum Gasteiger partial charge on any atom is 0.272 e. The van der Waals surface area contributed by atoms with Gasteiger partial charge in [0.05, 0.1) is 11.3 Å². The Kier molecular flexibility index (Phi) is 4.95. The number of aromatic hydroxyl groups is 1. The van der Waals surface area contributed by atoms with Gasteiger partial charge in [0.1, 0.15) is 5.75 Å². The van der Waals surface area contributed by atoms with Gasteiger partial charge in [0.2, 0.25) is 5.91 Å². The van der Waals surface area contributed by atoms with Crippen LogP contribution >= 0.6 is 0 Å². The molecular formula is C17H18N2O4. The van der Waals surface area contributed by atoms with Gasteiger partial charge in [-0.05, 0) is 30.2 Å². The molecule has 0 aliphatic rings. The lowest BCUT2D eigenvalue weighted by atomic mass is 10.0. The van der Waals surface area contributed by atoms with E-state index in [0.717, 1.165) is 5.56 Å². The number of phenolic OH excluding ortho intramolecular Hbond substituents is 1. The summed E-state index contributed by atoms with van der Waals surface area (Å²) < 4.78 is 0. The number of amides is 1. The number of nitrogens with zero attached hydrogens (tertiary/aromatic N) is 2. The highest BCUT2D eigenvalue weighted by molar-refractivity contribution is 5.79. The van der Waals surface area contributed by atoms with Crippen molar-refractivity contribution in [3.8, 4) is 5.75 Å². The van der Waals surface area contributed by atoms with Gasteiger partial charge in [0.25, 0.3) is 5.69 Å². The van der Waals surface area contributed by atoms with Gasteiger partial charge in [-0.3, -0.25) is 14.9 Å². The third-order valence-corrected chi connectivity index (χ3v) is 3.74. The molecule has 0 aromatic heterocycles. The summed E-state index contributed by atoms with van der Waals surface area (Å²) in [5.74, 6) is 0.0524. The average molecular weight is 314 g/mol. The van der Waals surface area contributed by atoms with Crippen molar-refractivity contribution in [1.29, 1.82) is 0 Å². The molecule has 0 fully saturated rings.